The van der Waals surface area contributed by atoms with E-state index in [9.17, 15) is 4.79 Å². The van der Waals surface area contributed by atoms with Crippen LogP contribution in [-0.2, 0) is 11.3 Å². The van der Waals surface area contributed by atoms with Crippen molar-refractivity contribution in [3.63, 3.8) is 0 Å². The van der Waals surface area contributed by atoms with Crippen LogP contribution in [-0.4, -0.2) is 55.9 Å². The maximum absolute atomic E-state index is 11.8. The molecule has 1 aromatic carbocycles. The van der Waals surface area contributed by atoms with Gasteiger partial charge < -0.3 is 19.5 Å². The molecule has 2 aromatic rings. The number of likely N-dealkylation sites (N-methyl/N-ethyl adjacent to an activating group) is 1. The fourth-order valence-electron chi connectivity index (χ4n) is 2.26. The number of fused-ring (bicyclic) bond motifs is 1. The highest BCUT2D eigenvalue weighted by Gasteiger charge is 2.11. The van der Waals surface area contributed by atoms with Crippen molar-refractivity contribution in [3.8, 4) is 0 Å². The molecular formula is C18H26N4O2. The van der Waals surface area contributed by atoms with Crippen LogP contribution in [0.2, 0.25) is 0 Å². The summed E-state index contributed by atoms with van der Waals surface area (Å²) in [5, 5.41) is 4.37. The normalized spacial score (nSPS) is 11.6. The van der Waals surface area contributed by atoms with Crippen molar-refractivity contribution in [2.24, 2.45) is 4.99 Å². The highest BCUT2D eigenvalue weighted by molar-refractivity contribution is 5.85. The summed E-state index contributed by atoms with van der Waals surface area (Å²) in [6.45, 7) is 3.61. The summed E-state index contributed by atoms with van der Waals surface area (Å²) in [6, 6.07) is 9.98. The van der Waals surface area contributed by atoms with E-state index in [-0.39, 0.29) is 12.5 Å². The molecule has 0 fully saturated rings. The van der Waals surface area contributed by atoms with Crippen LogP contribution < -0.4 is 5.32 Å². The number of hydrogen-bond acceptors (Lipinski definition) is 3. The fraction of sp³-hybridized carbons (Fsp3) is 0.444. The van der Waals surface area contributed by atoms with Crippen LogP contribution in [0.3, 0.4) is 0 Å². The Kier molecular flexibility index (Phi) is 6.23. The lowest BCUT2D eigenvalue weighted by molar-refractivity contribution is -0.127. The van der Waals surface area contributed by atoms with Gasteiger partial charge in [-0.3, -0.25) is 4.79 Å². The van der Waals surface area contributed by atoms with Crippen molar-refractivity contribution in [2.45, 2.75) is 19.9 Å². The maximum Gasteiger partial charge on any atom is 0.243 e. The van der Waals surface area contributed by atoms with Gasteiger partial charge in [0.15, 0.2) is 5.96 Å². The number of guanidine groups is 1. The Labute approximate surface area is 143 Å². The molecular weight excluding hydrogens is 304 g/mol. The zero-order valence-corrected chi connectivity index (χ0v) is 14.9. The SMILES string of the molecule is CCCNC(=NCC(=O)N(C)C)N(C)Cc1cc2ccccc2o1. The quantitative estimate of drug-likeness (QED) is 0.652. The number of rotatable bonds is 6. The van der Waals surface area contributed by atoms with Gasteiger partial charge in [-0.15, -0.1) is 0 Å². The third-order valence-corrected chi connectivity index (χ3v) is 3.63. The monoisotopic (exact) mass is 330 g/mol. The molecule has 0 aliphatic rings. The van der Waals surface area contributed by atoms with E-state index in [2.05, 4.69) is 17.2 Å². The van der Waals surface area contributed by atoms with Crippen molar-refractivity contribution < 1.29 is 9.21 Å². The number of carbonyl (C=O) groups is 1. The van der Waals surface area contributed by atoms with Crippen molar-refractivity contribution in [3.05, 3.63) is 36.1 Å². The summed E-state index contributed by atoms with van der Waals surface area (Å²) in [7, 11) is 5.40. The van der Waals surface area contributed by atoms with Crippen LogP contribution in [0.4, 0.5) is 0 Å². The first-order valence-corrected chi connectivity index (χ1v) is 8.18. The van der Waals surface area contributed by atoms with E-state index in [0.717, 1.165) is 29.7 Å². The first kappa shape index (κ1) is 17.8. The second-order valence-corrected chi connectivity index (χ2v) is 5.96. The zero-order valence-electron chi connectivity index (χ0n) is 14.9. The molecule has 0 atom stereocenters. The van der Waals surface area contributed by atoms with Crippen molar-refractivity contribution in [2.75, 3.05) is 34.2 Å². The van der Waals surface area contributed by atoms with Gasteiger partial charge in [0.25, 0.3) is 0 Å². The lowest BCUT2D eigenvalue weighted by Gasteiger charge is -2.21. The number of nitrogens with zero attached hydrogens (tertiary/aromatic N) is 3. The number of carbonyl (C=O) groups excluding carboxylic acids is 1. The highest BCUT2D eigenvalue weighted by atomic mass is 16.3. The minimum absolute atomic E-state index is 0.0251. The van der Waals surface area contributed by atoms with Crippen LogP contribution in [0, 0.1) is 0 Å². The molecule has 6 heteroatoms. The second kappa shape index (κ2) is 8.38. The molecule has 0 saturated heterocycles. The van der Waals surface area contributed by atoms with Crippen molar-refractivity contribution in [1.82, 2.24) is 15.1 Å². The topological polar surface area (TPSA) is 61.1 Å². The zero-order chi connectivity index (χ0) is 17.5. The van der Waals surface area contributed by atoms with E-state index < -0.39 is 0 Å². The Morgan fingerprint density at radius 3 is 2.67 bits per heavy atom. The molecule has 1 heterocycles. The molecule has 1 aromatic heterocycles. The van der Waals surface area contributed by atoms with Gasteiger partial charge in [0.05, 0.1) is 6.54 Å². The molecule has 0 saturated carbocycles. The van der Waals surface area contributed by atoms with E-state index >= 15 is 0 Å². The van der Waals surface area contributed by atoms with Gasteiger partial charge in [-0.25, -0.2) is 4.99 Å². The van der Waals surface area contributed by atoms with Gasteiger partial charge in [-0.2, -0.15) is 0 Å². The van der Waals surface area contributed by atoms with Crippen molar-refractivity contribution >= 4 is 22.8 Å². The number of benzene rings is 1. The predicted molar refractivity (Wildman–Crippen MR) is 97.0 cm³/mol. The summed E-state index contributed by atoms with van der Waals surface area (Å²) in [5.74, 6) is 1.54. The first-order chi connectivity index (χ1) is 11.5. The summed E-state index contributed by atoms with van der Waals surface area (Å²) in [5.41, 5.74) is 0.878. The number of furan rings is 1. The average molecular weight is 330 g/mol. The molecule has 6 nitrogen and oxygen atoms in total. The van der Waals surface area contributed by atoms with E-state index in [1.807, 2.05) is 42.3 Å². The third kappa shape index (κ3) is 4.75. The molecule has 1 amide bonds. The van der Waals surface area contributed by atoms with Gasteiger partial charge in [0.2, 0.25) is 5.91 Å². The molecule has 2 rings (SSSR count). The van der Waals surface area contributed by atoms with E-state index in [0.29, 0.717) is 12.5 Å². The standard InChI is InChI=1S/C18H26N4O2/c1-5-10-19-18(20-12-17(23)21(2)3)22(4)13-15-11-14-8-6-7-9-16(14)24-15/h6-9,11H,5,10,12-13H2,1-4H3,(H,19,20). The maximum atomic E-state index is 11.8. The van der Waals surface area contributed by atoms with Crippen LogP contribution in [0.5, 0.6) is 0 Å². The van der Waals surface area contributed by atoms with Gasteiger partial charge in [-0.05, 0) is 18.6 Å². The summed E-state index contributed by atoms with van der Waals surface area (Å²) in [4.78, 5) is 19.7. The molecule has 0 radical (unpaired) electrons. The van der Waals surface area contributed by atoms with Crippen LogP contribution >= 0.6 is 0 Å². The number of nitrogens with one attached hydrogen (secondary N) is 1. The second-order valence-electron chi connectivity index (χ2n) is 5.96. The number of para-hydroxylation sites is 1. The minimum Gasteiger partial charge on any atom is -0.459 e. The van der Waals surface area contributed by atoms with Crippen LogP contribution in [0.15, 0.2) is 39.7 Å². The molecule has 0 bridgehead atoms. The lowest BCUT2D eigenvalue weighted by atomic mass is 10.2. The predicted octanol–water partition coefficient (Wildman–Crippen LogP) is 2.31. The van der Waals surface area contributed by atoms with Crippen LogP contribution in [0.1, 0.15) is 19.1 Å². The Morgan fingerprint density at radius 2 is 2.00 bits per heavy atom. The minimum atomic E-state index is -0.0251. The number of amides is 1. The number of hydrogen-bond donors (Lipinski definition) is 1. The molecule has 0 aliphatic heterocycles. The van der Waals surface area contributed by atoms with E-state index in [1.165, 1.54) is 0 Å². The Bertz CT molecular complexity index is 673. The van der Waals surface area contributed by atoms with E-state index in [1.54, 1.807) is 19.0 Å². The summed E-state index contributed by atoms with van der Waals surface area (Å²) >= 11 is 0. The smallest absolute Gasteiger partial charge is 0.243 e. The largest absolute Gasteiger partial charge is 0.459 e. The Hall–Kier alpha value is -2.50. The third-order valence-electron chi connectivity index (χ3n) is 3.63. The lowest BCUT2D eigenvalue weighted by Crippen LogP contribution is -2.39. The average Bonchev–Trinajstić information content (AvgIpc) is 2.96. The van der Waals surface area contributed by atoms with Crippen LogP contribution in [0.25, 0.3) is 11.0 Å². The van der Waals surface area contributed by atoms with Crippen molar-refractivity contribution in [1.29, 1.82) is 0 Å². The molecule has 0 aliphatic carbocycles. The molecule has 24 heavy (non-hydrogen) atoms. The molecule has 0 unspecified atom stereocenters. The van der Waals surface area contributed by atoms with Gasteiger partial charge in [-0.1, -0.05) is 25.1 Å². The molecule has 1 N–H and O–H groups in total. The summed E-state index contributed by atoms with van der Waals surface area (Å²) in [6.07, 6.45) is 0.985. The van der Waals surface area contributed by atoms with Gasteiger partial charge in [0.1, 0.15) is 17.9 Å². The fourth-order valence-corrected chi connectivity index (χ4v) is 2.26. The van der Waals surface area contributed by atoms with Gasteiger partial charge >= 0.3 is 0 Å². The summed E-state index contributed by atoms with van der Waals surface area (Å²) < 4.78 is 5.86. The molecule has 130 valence electrons. The molecule has 0 spiro atoms. The highest BCUT2D eigenvalue weighted by Crippen LogP contribution is 2.19. The first-order valence-electron chi connectivity index (χ1n) is 8.18. The van der Waals surface area contributed by atoms with E-state index in [4.69, 9.17) is 4.42 Å². The Balaban J connectivity index is 2.09. The number of aliphatic imine (C=N–C) groups is 1. The Morgan fingerprint density at radius 1 is 1.25 bits per heavy atom. The van der Waals surface area contributed by atoms with Gasteiger partial charge in [0, 0.05) is 33.1 Å².